The molecule has 1 aromatic rings. The van der Waals surface area contributed by atoms with E-state index in [9.17, 15) is 9.59 Å². The fourth-order valence-electron chi connectivity index (χ4n) is 3.77. The van der Waals surface area contributed by atoms with Crippen LogP contribution in [-0.2, 0) is 19.1 Å². The maximum absolute atomic E-state index is 13.2. The minimum Gasteiger partial charge on any atom is -0.469 e. The van der Waals surface area contributed by atoms with E-state index in [0.717, 1.165) is 37.8 Å². The summed E-state index contributed by atoms with van der Waals surface area (Å²) in [6.07, 6.45) is 3.82. The first-order valence-corrected chi connectivity index (χ1v) is 8.74. The van der Waals surface area contributed by atoms with Gasteiger partial charge in [-0.2, -0.15) is 0 Å². The summed E-state index contributed by atoms with van der Waals surface area (Å²) in [6.45, 7) is 1.30. The van der Waals surface area contributed by atoms with Gasteiger partial charge in [-0.25, -0.2) is 0 Å². The van der Waals surface area contributed by atoms with Crippen LogP contribution in [-0.4, -0.2) is 38.2 Å². The Morgan fingerprint density at radius 1 is 1.04 bits per heavy atom. The van der Waals surface area contributed by atoms with Gasteiger partial charge in [0.2, 0.25) is 5.91 Å². The number of nitrogens with zero attached hydrogens (tertiary/aromatic N) is 1. The van der Waals surface area contributed by atoms with Crippen molar-refractivity contribution >= 4 is 17.6 Å². The molecule has 1 heterocycles. The van der Waals surface area contributed by atoms with Crippen LogP contribution in [0.3, 0.4) is 0 Å². The van der Waals surface area contributed by atoms with Gasteiger partial charge in [0.1, 0.15) is 0 Å². The summed E-state index contributed by atoms with van der Waals surface area (Å²) < 4.78 is 10.3. The van der Waals surface area contributed by atoms with Gasteiger partial charge in [-0.05, 0) is 44.2 Å². The molecule has 5 heteroatoms. The summed E-state index contributed by atoms with van der Waals surface area (Å²) >= 11 is 0. The number of esters is 1. The van der Waals surface area contributed by atoms with Crippen molar-refractivity contribution in [3.63, 3.8) is 0 Å². The fraction of sp³-hybridized carbons (Fsp3) is 0.579. The van der Waals surface area contributed by atoms with E-state index in [1.54, 1.807) is 0 Å². The summed E-state index contributed by atoms with van der Waals surface area (Å²) in [7, 11) is 1.43. The van der Waals surface area contributed by atoms with Gasteiger partial charge < -0.3 is 14.4 Å². The molecule has 1 unspecified atom stereocenters. The van der Waals surface area contributed by atoms with Crippen LogP contribution in [0.2, 0.25) is 0 Å². The standard InChI is InChI=1S/C19H25NO4/c1-23-19(22)15-9-7-14(8-10-15)18(21)20(17-11-12-24-13-17)16-5-3-2-4-6-16/h2-6,14-15,17H,7-13H2,1H3. The van der Waals surface area contributed by atoms with Crippen LogP contribution < -0.4 is 4.90 Å². The molecule has 0 radical (unpaired) electrons. The number of hydrogen-bond acceptors (Lipinski definition) is 4. The quantitative estimate of drug-likeness (QED) is 0.796. The topological polar surface area (TPSA) is 55.8 Å². The molecule has 1 aliphatic heterocycles. The van der Waals surface area contributed by atoms with Crippen molar-refractivity contribution in [3.05, 3.63) is 30.3 Å². The normalized spacial score (nSPS) is 26.8. The third kappa shape index (κ3) is 3.61. The molecule has 1 saturated heterocycles. The molecule has 2 aliphatic rings. The van der Waals surface area contributed by atoms with Crippen LogP contribution in [0.5, 0.6) is 0 Å². The molecule has 1 atom stereocenters. The van der Waals surface area contributed by atoms with Crippen molar-refractivity contribution in [2.45, 2.75) is 38.1 Å². The van der Waals surface area contributed by atoms with Crippen LogP contribution in [0, 0.1) is 11.8 Å². The number of anilines is 1. The van der Waals surface area contributed by atoms with Crippen molar-refractivity contribution in [3.8, 4) is 0 Å². The van der Waals surface area contributed by atoms with E-state index >= 15 is 0 Å². The average Bonchev–Trinajstić information content (AvgIpc) is 3.16. The lowest BCUT2D eigenvalue weighted by molar-refractivity contribution is -0.147. The Morgan fingerprint density at radius 2 is 1.71 bits per heavy atom. The highest BCUT2D eigenvalue weighted by atomic mass is 16.5. The van der Waals surface area contributed by atoms with Crippen molar-refractivity contribution in [2.75, 3.05) is 25.2 Å². The van der Waals surface area contributed by atoms with Crippen molar-refractivity contribution in [1.82, 2.24) is 0 Å². The number of methoxy groups -OCH3 is 1. The maximum atomic E-state index is 13.2. The third-order valence-electron chi connectivity index (χ3n) is 5.15. The molecule has 1 amide bonds. The molecule has 0 N–H and O–H groups in total. The molecular weight excluding hydrogens is 306 g/mol. The van der Waals surface area contributed by atoms with Crippen molar-refractivity contribution in [2.24, 2.45) is 11.8 Å². The first-order valence-electron chi connectivity index (χ1n) is 8.74. The van der Waals surface area contributed by atoms with Crippen LogP contribution in [0.25, 0.3) is 0 Å². The second-order valence-electron chi connectivity index (χ2n) is 6.63. The van der Waals surface area contributed by atoms with Crippen LogP contribution in [0.1, 0.15) is 32.1 Å². The Balaban J connectivity index is 1.71. The van der Waals surface area contributed by atoms with Crippen LogP contribution in [0.15, 0.2) is 30.3 Å². The predicted molar refractivity (Wildman–Crippen MR) is 90.6 cm³/mol. The van der Waals surface area contributed by atoms with Gasteiger partial charge in [-0.3, -0.25) is 9.59 Å². The fourth-order valence-corrected chi connectivity index (χ4v) is 3.77. The highest BCUT2D eigenvalue weighted by Crippen LogP contribution is 2.33. The number of ether oxygens (including phenoxy) is 2. The second-order valence-corrected chi connectivity index (χ2v) is 6.63. The number of carbonyl (C=O) groups excluding carboxylic acids is 2. The number of para-hydroxylation sites is 1. The number of amides is 1. The first-order chi connectivity index (χ1) is 11.7. The molecule has 1 saturated carbocycles. The van der Waals surface area contributed by atoms with Crippen LogP contribution in [0.4, 0.5) is 5.69 Å². The summed E-state index contributed by atoms with van der Waals surface area (Å²) in [5.74, 6) is -0.0595. The molecule has 2 fully saturated rings. The molecule has 3 rings (SSSR count). The third-order valence-corrected chi connectivity index (χ3v) is 5.15. The monoisotopic (exact) mass is 331 g/mol. The van der Waals surface area contributed by atoms with Gasteiger partial charge >= 0.3 is 5.97 Å². The van der Waals surface area contributed by atoms with Gasteiger partial charge in [-0.1, -0.05) is 18.2 Å². The number of benzene rings is 1. The molecule has 1 aliphatic carbocycles. The summed E-state index contributed by atoms with van der Waals surface area (Å²) in [5, 5.41) is 0. The molecular formula is C19H25NO4. The van der Waals surface area contributed by atoms with E-state index in [4.69, 9.17) is 9.47 Å². The van der Waals surface area contributed by atoms with Crippen molar-refractivity contribution < 1.29 is 19.1 Å². The Morgan fingerprint density at radius 3 is 2.29 bits per heavy atom. The zero-order valence-corrected chi connectivity index (χ0v) is 14.1. The largest absolute Gasteiger partial charge is 0.469 e. The second kappa shape index (κ2) is 7.79. The van der Waals surface area contributed by atoms with E-state index in [1.807, 2.05) is 35.2 Å². The van der Waals surface area contributed by atoms with Crippen LogP contribution >= 0.6 is 0 Å². The number of rotatable bonds is 4. The van der Waals surface area contributed by atoms with E-state index in [-0.39, 0.29) is 29.8 Å². The van der Waals surface area contributed by atoms with Gasteiger partial charge in [0.05, 0.1) is 25.7 Å². The highest BCUT2D eigenvalue weighted by molar-refractivity contribution is 5.95. The lowest BCUT2D eigenvalue weighted by Crippen LogP contribution is -2.45. The molecule has 24 heavy (non-hydrogen) atoms. The summed E-state index contributed by atoms with van der Waals surface area (Å²) in [6, 6.07) is 9.95. The molecule has 0 aromatic heterocycles. The molecule has 0 spiro atoms. The van der Waals surface area contributed by atoms with Gasteiger partial charge in [0.25, 0.3) is 0 Å². The zero-order valence-electron chi connectivity index (χ0n) is 14.1. The Kier molecular flexibility index (Phi) is 5.51. The zero-order chi connectivity index (χ0) is 16.9. The minimum absolute atomic E-state index is 0.0216. The van der Waals surface area contributed by atoms with Gasteiger partial charge in [0.15, 0.2) is 0 Å². The average molecular weight is 331 g/mol. The molecule has 0 bridgehead atoms. The maximum Gasteiger partial charge on any atom is 0.308 e. The van der Waals surface area contributed by atoms with Gasteiger partial charge in [-0.15, -0.1) is 0 Å². The lowest BCUT2D eigenvalue weighted by Gasteiger charge is -2.34. The van der Waals surface area contributed by atoms with Gasteiger partial charge in [0, 0.05) is 18.2 Å². The number of hydrogen-bond donors (Lipinski definition) is 0. The molecule has 5 nitrogen and oxygen atoms in total. The molecule has 130 valence electrons. The number of carbonyl (C=O) groups is 2. The Bertz CT molecular complexity index is 560. The van der Waals surface area contributed by atoms with E-state index in [0.29, 0.717) is 13.2 Å². The first kappa shape index (κ1) is 17.0. The minimum atomic E-state index is -0.148. The predicted octanol–water partition coefficient (Wildman–Crippen LogP) is 2.79. The smallest absolute Gasteiger partial charge is 0.308 e. The summed E-state index contributed by atoms with van der Waals surface area (Å²) in [4.78, 5) is 26.8. The Hall–Kier alpha value is -1.88. The van der Waals surface area contributed by atoms with E-state index in [1.165, 1.54) is 7.11 Å². The highest BCUT2D eigenvalue weighted by Gasteiger charge is 2.36. The lowest BCUT2D eigenvalue weighted by atomic mass is 9.81. The van der Waals surface area contributed by atoms with Crippen molar-refractivity contribution in [1.29, 1.82) is 0 Å². The Labute approximate surface area is 142 Å². The summed E-state index contributed by atoms with van der Waals surface area (Å²) in [5.41, 5.74) is 0.938. The van der Waals surface area contributed by atoms with E-state index < -0.39 is 0 Å². The molecule has 1 aromatic carbocycles. The van der Waals surface area contributed by atoms with E-state index in [2.05, 4.69) is 0 Å². The SMILES string of the molecule is COC(=O)C1CCC(C(=O)N(c2ccccc2)C2CCOC2)CC1.